The highest BCUT2D eigenvalue weighted by Gasteiger charge is 2.02. The Kier molecular flexibility index (Phi) is 10.1. The Balaban J connectivity index is 2.97. The first-order valence-corrected chi connectivity index (χ1v) is 6.34. The number of rotatable bonds is 8. The molecule has 4 heteroatoms. The van der Waals surface area contributed by atoms with Crippen molar-refractivity contribution in [3.8, 4) is 0 Å². The second kappa shape index (κ2) is 9.65. The molecule has 0 heterocycles. The van der Waals surface area contributed by atoms with E-state index in [2.05, 4.69) is 11.6 Å². The van der Waals surface area contributed by atoms with E-state index in [-0.39, 0.29) is 0 Å². The fourth-order valence-electron chi connectivity index (χ4n) is 0.880. The first-order valence-electron chi connectivity index (χ1n) is 4.49. The van der Waals surface area contributed by atoms with E-state index in [0.29, 0.717) is 11.6 Å². The van der Waals surface area contributed by atoms with Gasteiger partial charge in [-0.15, -0.1) is 16.3 Å². The van der Waals surface area contributed by atoms with E-state index >= 15 is 0 Å². The molecule has 0 spiro atoms. The second-order valence-corrected chi connectivity index (χ2v) is 4.46. The van der Waals surface area contributed by atoms with Crippen LogP contribution in [-0.4, -0.2) is 22.7 Å². The van der Waals surface area contributed by atoms with Crippen molar-refractivity contribution in [2.45, 2.75) is 32.6 Å². The molecular weight excluding hydrogens is 194 g/mol. The van der Waals surface area contributed by atoms with Crippen LogP contribution in [0.2, 0.25) is 0 Å². The lowest BCUT2D eigenvalue weighted by atomic mass is 10.2. The van der Waals surface area contributed by atoms with Gasteiger partial charge in [0.25, 0.3) is 0 Å². The van der Waals surface area contributed by atoms with Crippen LogP contribution >= 0.6 is 11.6 Å². The van der Waals surface area contributed by atoms with Crippen LogP contribution in [0.4, 0.5) is 0 Å². The van der Waals surface area contributed by atoms with Crippen molar-refractivity contribution >= 4 is 23.0 Å². The molecule has 0 bridgehead atoms. The summed E-state index contributed by atoms with van der Waals surface area (Å²) in [5.74, 6) is 1.02. The highest BCUT2D eigenvalue weighted by atomic mass is 35.5. The molecule has 0 radical (unpaired) electrons. The Bertz CT molecular complexity index is 95.1. The third kappa shape index (κ3) is 8.65. The van der Waals surface area contributed by atoms with Crippen molar-refractivity contribution in [1.29, 1.82) is 0 Å². The molecule has 0 rings (SSSR count). The van der Waals surface area contributed by atoms with E-state index in [9.17, 15) is 4.55 Å². The number of alkyl halides is 1. The van der Waals surface area contributed by atoms with Crippen LogP contribution < -0.4 is 4.72 Å². The van der Waals surface area contributed by atoms with Gasteiger partial charge in [-0.1, -0.05) is 26.2 Å². The molecular formula is C8H18ClNOS. The van der Waals surface area contributed by atoms with Gasteiger partial charge >= 0.3 is 0 Å². The van der Waals surface area contributed by atoms with Gasteiger partial charge in [0.1, 0.15) is 5.75 Å². The largest absolute Gasteiger partial charge is 0.598 e. The summed E-state index contributed by atoms with van der Waals surface area (Å²) in [6, 6.07) is 0. The molecule has 0 aliphatic carbocycles. The maximum absolute atomic E-state index is 11.0. The summed E-state index contributed by atoms with van der Waals surface area (Å²) in [5.41, 5.74) is 0. The molecule has 0 saturated carbocycles. The van der Waals surface area contributed by atoms with Crippen molar-refractivity contribution in [2.24, 2.45) is 0 Å². The second-order valence-electron chi connectivity index (χ2n) is 2.69. The lowest BCUT2D eigenvalue weighted by Crippen LogP contribution is -2.27. The van der Waals surface area contributed by atoms with Gasteiger partial charge in [-0.3, -0.25) is 0 Å². The predicted octanol–water partition coefficient (Wildman–Crippen LogP) is 2.06. The van der Waals surface area contributed by atoms with Crippen molar-refractivity contribution in [1.82, 2.24) is 4.72 Å². The van der Waals surface area contributed by atoms with E-state index in [1.807, 2.05) is 0 Å². The van der Waals surface area contributed by atoms with Crippen molar-refractivity contribution in [3.05, 3.63) is 0 Å². The number of nitrogens with one attached hydrogen (secondary N) is 1. The molecule has 1 N–H and O–H groups in total. The highest BCUT2D eigenvalue weighted by Crippen LogP contribution is 1.97. The van der Waals surface area contributed by atoms with Gasteiger partial charge in [0, 0.05) is 17.9 Å². The molecule has 0 aromatic rings. The van der Waals surface area contributed by atoms with Crippen molar-refractivity contribution < 1.29 is 4.55 Å². The first kappa shape index (κ1) is 12.6. The average molecular weight is 212 g/mol. The van der Waals surface area contributed by atoms with Crippen LogP contribution in [0.15, 0.2) is 0 Å². The highest BCUT2D eigenvalue weighted by molar-refractivity contribution is 7.89. The summed E-state index contributed by atoms with van der Waals surface area (Å²) in [7, 11) is 0. The summed E-state index contributed by atoms with van der Waals surface area (Å²) >= 11 is 4.52. The fourth-order valence-corrected chi connectivity index (χ4v) is 1.96. The molecule has 0 aliphatic heterocycles. The maximum Gasteiger partial charge on any atom is 0.139 e. The quantitative estimate of drug-likeness (QED) is 0.379. The SMILES string of the molecule is CCCCCCN[S+]([O-])CCCl. The Labute approximate surface area is 83.4 Å². The van der Waals surface area contributed by atoms with Crippen LogP contribution in [0.1, 0.15) is 32.6 Å². The van der Waals surface area contributed by atoms with Gasteiger partial charge in [0.05, 0.1) is 5.88 Å². The number of unbranched alkanes of at least 4 members (excludes halogenated alkanes) is 3. The molecule has 12 heavy (non-hydrogen) atoms. The van der Waals surface area contributed by atoms with E-state index in [4.69, 9.17) is 11.6 Å². The summed E-state index contributed by atoms with van der Waals surface area (Å²) in [4.78, 5) is 0. The van der Waals surface area contributed by atoms with Gasteiger partial charge < -0.3 is 4.55 Å². The third-order valence-electron chi connectivity index (χ3n) is 1.56. The van der Waals surface area contributed by atoms with Gasteiger partial charge in [-0.05, 0) is 6.42 Å². The zero-order valence-corrected chi connectivity index (χ0v) is 9.22. The van der Waals surface area contributed by atoms with Gasteiger partial charge in [-0.25, -0.2) is 0 Å². The van der Waals surface area contributed by atoms with Crippen LogP contribution in [-0.2, 0) is 11.4 Å². The summed E-state index contributed by atoms with van der Waals surface area (Å²) in [6.45, 7) is 3.03. The molecule has 0 aromatic carbocycles. The average Bonchev–Trinajstić information content (AvgIpc) is 2.05. The molecule has 0 aliphatic rings. The molecule has 1 atom stereocenters. The topological polar surface area (TPSA) is 35.1 Å². The van der Waals surface area contributed by atoms with E-state index in [1.165, 1.54) is 19.3 Å². The van der Waals surface area contributed by atoms with Crippen LogP contribution in [0.5, 0.6) is 0 Å². The van der Waals surface area contributed by atoms with Crippen molar-refractivity contribution in [2.75, 3.05) is 18.2 Å². The minimum atomic E-state index is -0.907. The van der Waals surface area contributed by atoms with Crippen molar-refractivity contribution in [3.63, 3.8) is 0 Å². The zero-order chi connectivity index (χ0) is 9.23. The number of hydrogen-bond acceptors (Lipinski definition) is 2. The summed E-state index contributed by atoms with van der Waals surface area (Å²) in [5, 5.41) is 0. The minimum Gasteiger partial charge on any atom is -0.598 e. The molecule has 2 nitrogen and oxygen atoms in total. The normalized spacial score (nSPS) is 13.2. The van der Waals surface area contributed by atoms with Gasteiger partial charge in [0.2, 0.25) is 0 Å². The fraction of sp³-hybridized carbons (Fsp3) is 1.00. The van der Waals surface area contributed by atoms with E-state index in [1.54, 1.807) is 0 Å². The number of hydrogen-bond donors (Lipinski definition) is 1. The predicted molar refractivity (Wildman–Crippen MR) is 55.9 cm³/mol. The smallest absolute Gasteiger partial charge is 0.139 e. The lowest BCUT2D eigenvalue weighted by Gasteiger charge is -2.08. The molecule has 74 valence electrons. The Morgan fingerprint density at radius 3 is 2.67 bits per heavy atom. The zero-order valence-electron chi connectivity index (χ0n) is 7.64. The molecule has 0 amide bonds. The van der Waals surface area contributed by atoms with Crippen LogP contribution in [0.3, 0.4) is 0 Å². The molecule has 0 fully saturated rings. The van der Waals surface area contributed by atoms with Gasteiger partial charge in [0.15, 0.2) is 0 Å². The van der Waals surface area contributed by atoms with Crippen LogP contribution in [0, 0.1) is 0 Å². The summed E-state index contributed by atoms with van der Waals surface area (Å²) in [6.07, 6.45) is 4.85. The molecule has 0 aromatic heterocycles. The Hall–Kier alpha value is 0.560. The third-order valence-corrected chi connectivity index (χ3v) is 3.07. The van der Waals surface area contributed by atoms with E-state index < -0.39 is 11.4 Å². The Morgan fingerprint density at radius 2 is 2.08 bits per heavy atom. The maximum atomic E-state index is 11.0. The standard InChI is InChI=1S/C8H18ClNOS/c1-2-3-4-5-7-10-12(11)8-6-9/h10H,2-8H2,1H3. The number of halogens is 1. The lowest BCUT2D eigenvalue weighted by molar-refractivity contribution is 0.574. The minimum absolute atomic E-state index is 0.467. The van der Waals surface area contributed by atoms with E-state index in [0.717, 1.165) is 13.0 Å². The first-order chi connectivity index (χ1) is 5.81. The monoisotopic (exact) mass is 211 g/mol. The molecule has 0 saturated heterocycles. The van der Waals surface area contributed by atoms with Crippen LogP contribution in [0.25, 0.3) is 0 Å². The summed E-state index contributed by atoms with van der Waals surface area (Å²) < 4.78 is 13.9. The Morgan fingerprint density at radius 1 is 1.33 bits per heavy atom. The van der Waals surface area contributed by atoms with Gasteiger partial charge in [-0.2, -0.15) is 0 Å². The molecule has 1 unspecified atom stereocenters.